The Hall–Kier alpha value is -1.61. The Morgan fingerprint density at radius 1 is 1.00 bits per heavy atom. The lowest BCUT2D eigenvalue weighted by molar-refractivity contribution is -0.157. The molecule has 1 aromatic rings. The summed E-state index contributed by atoms with van der Waals surface area (Å²) in [6.07, 6.45) is 13.5. The van der Waals surface area contributed by atoms with E-state index in [1.807, 2.05) is 37.4 Å². The minimum absolute atomic E-state index is 0.103. The second kappa shape index (κ2) is 11.2. The molecule has 0 heterocycles. The average molecular weight is 549 g/mol. The molecule has 0 radical (unpaired) electrons. The van der Waals surface area contributed by atoms with E-state index in [9.17, 15) is 4.79 Å². The molecule has 0 aromatic heterocycles. The molecule has 10 atom stereocenters. The van der Waals surface area contributed by atoms with Crippen molar-refractivity contribution >= 4 is 5.97 Å². The Morgan fingerprint density at radius 3 is 2.40 bits per heavy atom. The SMILES string of the molecule is CO[C@@H]1CC[C@]2(C)[C@@H](CC=C3[C@@H]4CC[C@@H]([C@H](C)CC[C@H](C)C(C)C)[C@]4(C)C[C@@H](OC(=O)c4ccccc4)[C@@]32C)C1. The molecule has 3 fully saturated rings. The van der Waals surface area contributed by atoms with Crippen LogP contribution < -0.4 is 0 Å². The number of carbonyl (C=O) groups is 1. The van der Waals surface area contributed by atoms with Crippen molar-refractivity contribution in [2.45, 2.75) is 118 Å². The molecule has 3 nitrogen and oxygen atoms in total. The summed E-state index contributed by atoms with van der Waals surface area (Å²) in [5.74, 6) is 3.88. The molecule has 0 spiro atoms. The molecule has 0 bridgehead atoms. The molecule has 4 aliphatic rings. The average Bonchev–Trinajstić information content (AvgIpc) is 3.28. The molecule has 0 unspecified atom stereocenters. The number of esters is 1. The lowest BCUT2D eigenvalue weighted by Crippen LogP contribution is -2.62. The highest BCUT2D eigenvalue weighted by Gasteiger charge is 2.67. The van der Waals surface area contributed by atoms with Crippen LogP contribution in [0.2, 0.25) is 0 Å². The zero-order chi connectivity index (χ0) is 28.9. The highest BCUT2D eigenvalue weighted by atomic mass is 16.5. The summed E-state index contributed by atoms with van der Waals surface area (Å²) in [6, 6.07) is 9.66. The highest BCUT2D eigenvalue weighted by Crippen LogP contribution is 2.72. The van der Waals surface area contributed by atoms with E-state index in [1.165, 1.54) is 25.7 Å². The molecule has 40 heavy (non-hydrogen) atoms. The van der Waals surface area contributed by atoms with Crippen LogP contribution in [0.4, 0.5) is 0 Å². The van der Waals surface area contributed by atoms with E-state index in [0.717, 1.165) is 43.9 Å². The molecule has 0 amide bonds. The van der Waals surface area contributed by atoms with Gasteiger partial charge in [-0.2, -0.15) is 0 Å². The van der Waals surface area contributed by atoms with E-state index >= 15 is 0 Å². The molecular weight excluding hydrogens is 492 g/mol. The molecule has 3 saturated carbocycles. The number of hydrogen-bond acceptors (Lipinski definition) is 3. The van der Waals surface area contributed by atoms with Crippen molar-refractivity contribution in [2.24, 2.45) is 51.8 Å². The summed E-state index contributed by atoms with van der Waals surface area (Å²) >= 11 is 0. The van der Waals surface area contributed by atoms with Crippen LogP contribution in [0.25, 0.3) is 0 Å². The van der Waals surface area contributed by atoms with Gasteiger partial charge in [-0.25, -0.2) is 4.79 Å². The van der Waals surface area contributed by atoms with Crippen molar-refractivity contribution in [3.63, 3.8) is 0 Å². The van der Waals surface area contributed by atoms with Gasteiger partial charge in [0.25, 0.3) is 0 Å². The molecular formula is C37H56O3. The van der Waals surface area contributed by atoms with Gasteiger partial charge in [0.05, 0.1) is 11.7 Å². The highest BCUT2D eigenvalue weighted by molar-refractivity contribution is 5.89. The third-order valence-corrected chi connectivity index (χ3v) is 13.4. The van der Waals surface area contributed by atoms with Gasteiger partial charge in [0.2, 0.25) is 0 Å². The smallest absolute Gasteiger partial charge is 0.338 e. The number of ether oxygens (including phenoxy) is 2. The van der Waals surface area contributed by atoms with Gasteiger partial charge in [-0.1, -0.05) is 91.2 Å². The van der Waals surface area contributed by atoms with E-state index in [2.05, 4.69) is 54.5 Å². The van der Waals surface area contributed by atoms with Crippen LogP contribution in [-0.4, -0.2) is 25.3 Å². The van der Waals surface area contributed by atoms with Crippen molar-refractivity contribution in [3.8, 4) is 0 Å². The fourth-order valence-corrected chi connectivity index (χ4v) is 10.1. The molecule has 1 aromatic carbocycles. The zero-order valence-electron chi connectivity index (χ0n) is 26.7. The molecule has 3 heteroatoms. The first-order chi connectivity index (χ1) is 19.0. The summed E-state index contributed by atoms with van der Waals surface area (Å²) in [6.45, 7) is 17.2. The Balaban J connectivity index is 1.50. The minimum Gasteiger partial charge on any atom is -0.458 e. The first-order valence-electron chi connectivity index (χ1n) is 16.4. The van der Waals surface area contributed by atoms with Crippen LogP contribution in [0.3, 0.4) is 0 Å². The van der Waals surface area contributed by atoms with Gasteiger partial charge in [-0.05, 0) is 103 Å². The van der Waals surface area contributed by atoms with Crippen molar-refractivity contribution in [3.05, 3.63) is 47.5 Å². The quantitative estimate of drug-likeness (QED) is 0.240. The van der Waals surface area contributed by atoms with E-state index < -0.39 is 0 Å². The molecule has 4 aliphatic carbocycles. The van der Waals surface area contributed by atoms with Crippen molar-refractivity contribution in [1.29, 1.82) is 0 Å². The van der Waals surface area contributed by atoms with Crippen LogP contribution in [-0.2, 0) is 9.47 Å². The van der Waals surface area contributed by atoms with Gasteiger partial charge in [0, 0.05) is 12.5 Å². The molecule has 5 rings (SSSR count). The normalized spacial score (nSPS) is 40.4. The van der Waals surface area contributed by atoms with Gasteiger partial charge >= 0.3 is 5.97 Å². The second-order valence-electron chi connectivity index (χ2n) is 15.3. The maximum atomic E-state index is 13.7. The summed E-state index contributed by atoms with van der Waals surface area (Å²) in [4.78, 5) is 13.7. The Morgan fingerprint density at radius 2 is 1.73 bits per heavy atom. The van der Waals surface area contributed by atoms with Gasteiger partial charge < -0.3 is 9.47 Å². The van der Waals surface area contributed by atoms with Crippen molar-refractivity contribution in [1.82, 2.24) is 0 Å². The van der Waals surface area contributed by atoms with Crippen molar-refractivity contribution in [2.75, 3.05) is 7.11 Å². The summed E-state index contributed by atoms with van der Waals surface area (Å²) in [5, 5.41) is 0. The number of rotatable bonds is 8. The molecule has 0 N–H and O–H groups in total. The van der Waals surface area contributed by atoms with E-state index in [0.29, 0.717) is 35.3 Å². The third kappa shape index (κ3) is 4.81. The minimum atomic E-state index is -0.155. The van der Waals surface area contributed by atoms with Gasteiger partial charge in [0.1, 0.15) is 6.10 Å². The van der Waals surface area contributed by atoms with Gasteiger partial charge in [-0.3, -0.25) is 0 Å². The predicted octanol–water partition coefficient (Wildman–Crippen LogP) is 9.51. The maximum Gasteiger partial charge on any atom is 0.338 e. The Labute approximate surface area is 244 Å². The van der Waals surface area contributed by atoms with Crippen LogP contribution in [0, 0.1) is 51.8 Å². The van der Waals surface area contributed by atoms with Gasteiger partial charge in [0.15, 0.2) is 0 Å². The number of allylic oxidation sites excluding steroid dienone is 1. The first-order valence-corrected chi connectivity index (χ1v) is 16.4. The lowest BCUT2D eigenvalue weighted by atomic mass is 9.40. The summed E-state index contributed by atoms with van der Waals surface area (Å²) in [7, 11) is 1.87. The number of hydrogen-bond donors (Lipinski definition) is 0. The monoisotopic (exact) mass is 548 g/mol. The van der Waals surface area contributed by atoms with E-state index in [1.54, 1.807) is 5.57 Å². The number of fused-ring (bicyclic) bond motifs is 5. The molecule has 222 valence electrons. The molecule has 0 saturated heterocycles. The molecule has 0 aliphatic heterocycles. The fourth-order valence-electron chi connectivity index (χ4n) is 10.1. The number of methoxy groups -OCH3 is 1. The standard InChI is InChI=1S/C37H56O3/c1-24(2)25(3)14-15-26(4)30-18-19-31-32-17-16-28-22-29(39-8)20-21-36(28,6)37(32,7)33(23-35(30,31)5)40-34(38)27-12-10-9-11-13-27/h9-13,17,24-26,28-31,33H,14-16,18-23H2,1-8H3/t25-,26+,28-,29+,30-,31-,33+,35-,36+,37+/m0/s1. The maximum absolute atomic E-state index is 13.7. The fraction of sp³-hybridized carbons (Fsp3) is 0.757. The summed E-state index contributed by atoms with van der Waals surface area (Å²) in [5.41, 5.74) is 2.43. The third-order valence-electron chi connectivity index (χ3n) is 13.4. The van der Waals surface area contributed by atoms with Crippen LogP contribution in [0.1, 0.15) is 117 Å². The zero-order valence-corrected chi connectivity index (χ0v) is 26.7. The topological polar surface area (TPSA) is 35.5 Å². The van der Waals surface area contributed by atoms with Crippen LogP contribution in [0.15, 0.2) is 42.0 Å². The van der Waals surface area contributed by atoms with E-state index in [-0.39, 0.29) is 28.3 Å². The lowest BCUT2D eigenvalue weighted by Gasteiger charge is -2.65. The van der Waals surface area contributed by atoms with Crippen molar-refractivity contribution < 1.29 is 14.3 Å². The van der Waals surface area contributed by atoms with Crippen LogP contribution in [0.5, 0.6) is 0 Å². The Bertz CT molecular complexity index is 1080. The number of benzene rings is 1. The van der Waals surface area contributed by atoms with E-state index in [4.69, 9.17) is 9.47 Å². The summed E-state index contributed by atoms with van der Waals surface area (Å²) < 4.78 is 12.6. The van der Waals surface area contributed by atoms with Crippen LogP contribution >= 0.6 is 0 Å². The first kappa shape index (κ1) is 29.9. The van der Waals surface area contributed by atoms with Gasteiger partial charge in [-0.15, -0.1) is 0 Å². The Kier molecular flexibility index (Phi) is 8.39. The second-order valence-corrected chi connectivity index (χ2v) is 15.3. The largest absolute Gasteiger partial charge is 0.458 e. The number of carbonyl (C=O) groups excluding carboxylic acids is 1. The predicted molar refractivity (Wildman–Crippen MR) is 164 cm³/mol.